The average Bonchev–Trinajstić information content (AvgIpc) is 3.03. The van der Waals surface area contributed by atoms with Gasteiger partial charge in [0.15, 0.2) is 0 Å². The molecule has 4 rings (SSSR count). The Hall–Kier alpha value is -3.38. The van der Waals surface area contributed by atoms with E-state index in [4.69, 9.17) is 23.7 Å². The van der Waals surface area contributed by atoms with Crippen molar-refractivity contribution in [2.24, 2.45) is 5.92 Å². The van der Waals surface area contributed by atoms with Crippen molar-refractivity contribution in [1.29, 1.82) is 0 Å². The lowest BCUT2D eigenvalue weighted by Crippen LogP contribution is -2.53. The van der Waals surface area contributed by atoms with Crippen molar-refractivity contribution in [3.63, 3.8) is 0 Å². The zero-order valence-corrected chi connectivity index (χ0v) is 27.0. The van der Waals surface area contributed by atoms with Crippen LogP contribution in [0.1, 0.15) is 49.8 Å². The van der Waals surface area contributed by atoms with Gasteiger partial charge in [0.25, 0.3) is 0 Å². The number of hydrogen-bond acceptors (Lipinski definition) is 8. The molecule has 45 heavy (non-hydrogen) atoms. The highest BCUT2D eigenvalue weighted by Crippen LogP contribution is 2.37. The van der Waals surface area contributed by atoms with Gasteiger partial charge >= 0.3 is 6.09 Å². The Morgan fingerprint density at radius 3 is 2.60 bits per heavy atom. The fourth-order valence-electron chi connectivity index (χ4n) is 6.13. The molecule has 2 amide bonds. The fourth-order valence-corrected chi connectivity index (χ4v) is 6.13. The molecule has 11 heteroatoms. The van der Waals surface area contributed by atoms with Crippen molar-refractivity contribution in [2.45, 2.75) is 58.5 Å². The number of carboxylic acid groups (broad SMARTS) is 1. The van der Waals surface area contributed by atoms with E-state index in [0.29, 0.717) is 52.7 Å². The minimum atomic E-state index is -0.999. The highest BCUT2D eigenvalue weighted by Gasteiger charge is 2.40. The van der Waals surface area contributed by atoms with Gasteiger partial charge in [0, 0.05) is 58.7 Å². The van der Waals surface area contributed by atoms with Crippen LogP contribution in [-0.2, 0) is 37.0 Å². The van der Waals surface area contributed by atoms with Gasteiger partial charge in [-0.15, -0.1) is 0 Å². The van der Waals surface area contributed by atoms with Crippen LogP contribution in [0.4, 0.5) is 10.5 Å². The highest BCUT2D eigenvalue weighted by atomic mass is 16.5. The summed E-state index contributed by atoms with van der Waals surface area (Å²) < 4.78 is 29.1. The Morgan fingerprint density at radius 1 is 1.11 bits per heavy atom. The predicted molar refractivity (Wildman–Crippen MR) is 171 cm³/mol. The largest absolute Gasteiger partial charge is 0.490 e. The second-order valence-electron chi connectivity index (χ2n) is 11.8. The quantitative estimate of drug-likeness (QED) is 0.263. The number of rotatable bonds is 16. The normalized spacial score (nSPS) is 20.3. The Kier molecular flexibility index (Phi) is 13.3. The first-order chi connectivity index (χ1) is 21.8. The van der Waals surface area contributed by atoms with E-state index in [0.717, 1.165) is 47.6 Å². The molecule has 4 atom stereocenters. The lowest BCUT2D eigenvalue weighted by atomic mass is 9.78. The van der Waals surface area contributed by atoms with Gasteiger partial charge in [-0.05, 0) is 49.1 Å². The lowest BCUT2D eigenvalue weighted by Gasteiger charge is -2.43. The van der Waals surface area contributed by atoms with E-state index < -0.39 is 12.2 Å². The molecule has 2 aromatic carbocycles. The molecule has 0 radical (unpaired) electrons. The van der Waals surface area contributed by atoms with Crippen LogP contribution in [-0.4, -0.2) is 100 Å². The number of carbonyl (C=O) groups excluding carboxylic acids is 1. The van der Waals surface area contributed by atoms with E-state index in [2.05, 4.69) is 28.4 Å². The molecule has 2 heterocycles. The molecule has 2 N–H and O–H groups in total. The maximum absolute atomic E-state index is 12.2. The van der Waals surface area contributed by atoms with E-state index in [1.165, 1.54) is 11.8 Å². The SMILES string of the molecule is CCO[C@H](C)COCc1ccc([C@H]2[C@H](CNC(C)=O)CN(C(=O)O)C[C@@H]2OCc2ccc3c(c2)N(CCCOC)CCO3)cc1. The molecule has 1 saturated heterocycles. The first-order valence-corrected chi connectivity index (χ1v) is 15.9. The maximum Gasteiger partial charge on any atom is 0.407 e. The molecule has 0 aromatic heterocycles. The van der Waals surface area contributed by atoms with Crippen LogP contribution in [0.15, 0.2) is 42.5 Å². The van der Waals surface area contributed by atoms with Crippen LogP contribution in [0.3, 0.4) is 0 Å². The fraction of sp³-hybridized carbons (Fsp3) is 0.588. The number of fused-ring (bicyclic) bond motifs is 1. The molecule has 2 aliphatic rings. The topological polar surface area (TPSA) is 119 Å². The predicted octanol–water partition coefficient (Wildman–Crippen LogP) is 4.28. The molecule has 1 fully saturated rings. The number of methoxy groups -OCH3 is 1. The van der Waals surface area contributed by atoms with Crippen molar-refractivity contribution >= 4 is 17.7 Å². The second kappa shape index (κ2) is 17.4. The van der Waals surface area contributed by atoms with Gasteiger partial charge in [-0.1, -0.05) is 30.3 Å². The summed E-state index contributed by atoms with van der Waals surface area (Å²) >= 11 is 0. The van der Waals surface area contributed by atoms with E-state index in [1.807, 2.05) is 38.1 Å². The zero-order chi connectivity index (χ0) is 32.2. The number of carbonyl (C=O) groups is 2. The third-order valence-corrected chi connectivity index (χ3v) is 8.31. The maximum atomic E-state index is 12.2. The molecule has 0 bridgehead atoms. The second-order valence-corrected chi connectivity index (χ2v) is 11.8. The first-order valence-electron chi connectivity index (χ1n) is 15.9. The number of likely N-dealkylation sites (tertiary alicyclic amines) is 1. The third-order valence-electron chi connectivity index (χ3n) is 8.31. The van der Waals surface area contributed by atoms with Gasteiger partial charge in [-0.2, -0.15) is 0 Å². The summed E-state index contributed by atoms with van der Waals surface area (Å²) in [6.07, 6.45) is -0.477. The summed E-state index contributed by atoms with van der Waals surface area (Å²) in [7, 11) is 1.71. The molecule has 11 nitrogen and oxygen atoms in total. The Balaban J connectivity index is 1.52. The average molecular weight is 628 g/mol. The Morgan fingerprint density at radius 2 is 1.89 bits per heavy atom. The van der Waals surface area contributed by atoms with E-state index >= 15 is 0 Å². The van der Waals surface area contributed by atoms with Gasteiger partial charge in [-0.25, -0.2) is 4.79 Å². The van der Waals surface area contributed by atoms with Gasteiger partial charge in [0.1, 0.15) is 12.4 Å². The number of piperidine rings is 1. The van der Waals surface area contributed by atoms with Crippen LogP contribution >= 0.6 is 0 Å². The van der Waals surface area contributed by atoms with Crippen LogP contribution < -0.4 is 15.0 Å². The molecular formula is C34H49N3O8. The number of benzene rings is 2. The monoisotopic (exact) mass is 627 g/mol. The Bertz CT molecular complexity index is 1230. The van der Waals surface area contributed by atoms with Gasteiger partial charge in [0.05, 0.1) is 50.8 Å². The third kappa shape index (κ3) is 10.1. The van der Waals surface area contributed by atoms with Gasteiger partial charge in [0.2, 0.25) is 5.91 Å². The van der Waals surface area contributed by atoms with E-state index in [-0.39, 0.29) is 30.4 Å². The number of amides is 2. The number of nitrogens with zero attached hydrogens (tertiary/aromatic N) is 2. The molecular weight excluding hydrogens is 578 g/mol. The van der Waals surface area contributed by atoms with E-state index in [1.54, 1.807) is 7.11 Å². The minimum absolute atomic E-state index is 0.0301. The zero-order valence-electron chi connectivity index (χ0n) is 27.0. The molecule has 0 spiro atoms. The molecule has 2 aromatic rings. The summed E-state index contributed by atoms with van der Waals surface area (Å²) in [6, 6.07) is 14.3. The van der Waals surface area contributed by atoms with Crippen LogP contribution in [0, 0.1) is 5.92 Å². The van der Waals surface area contributed by atoms with Crippen LogP contribution in [0.5, 0.6) is 5.75 Å². The number of hydrogen-bond donors (Lipinski definition) is 2. The molecule has 0 unspecified atom stereocenters. The van der Waals surface area contributed by atoms with Crippen molar-refractivity contribution in [1.82, 2.24) is 10.2 Å². The van der Waals surface area contributed by atoms with E-state index in [9.17, 15) is 14.7 Å². The highest BCUT2D eigenvalue weighted by molar-refractivity contribution is 5.72. The summed E-state index contributed by atoms with van der Waals surface area (Å²) in [6.45, 7) is 11.2. The standard InChI is InChI=1S/C34H49N3O8/c1-5-43-24(2)21-42-22-26-7-10-28(11-8-26)33-29(18-35-25(3)38)19-37(34(39)40)20-32(33)45-23-27-9-12-31-30(17-27)36(14-16-44-31)13-6-15-41-4/h7-12,17,24,29,32-33H,5-6,13-16,18-23H2,1-4H3,(H,35,38)(H,39,40)/t24-,29-,32+,33+/m1/s1. The number of ether oxygens (including phenoxy) is 5. The number of nitrogens with one attached hydrogen (secondary N) is 1. The summed E-state index contributed by atoms with van der Waals surface area (Å²) in [5.41, 5.74) is 4.08. The van der Waals surface area contributed by atoms with Crippen molar-refractivity contribution in [3.05, 3.63) is 59.2 Å². The van der Waals surface area contributed by atoms with Crippen molar-refractivity contribution in [3.8, 4) is 5.75 Å². The van der Waals surface area contributed by atoms with Crippen LogP contribution in [0.25, 0.3) is 0 Å². The molecule has 0 aliphatic carbocycles. The van der Waals surface area contributed by atoms with Crippen molar-refractivity contribution in [2.75, 3.05) is 71.2 Å². The molecule has 248 valence electrons. The van der Waals surface area contributed by atoms with Gasteiger partial charge in [-0.3, -0.25) is 4.79 Å². The summed E-state index contributed by atoms with van der Waals surface area (Å²) in [5, 5.41) is 12.9. The first kappa shape index (κ1) is 34.5. The number of anilines is 1. The minimum Gasteiger partial charge on any atom is -0.490 e. The lowest BCUT2D eigenvalue weighted by molar-refractivity contribution is -0.119. The summed E-state index contributed by atoms with van der Waals surface area (Å²) in [4.78, 5) is 27.8. The summed E-state index contributed by atoms with van der Waals surface area (Å²) in [5.74, 6) is 0.388. The Labute approximate surface area is 266 Å². The smallest absolute Gasteiger partial charge is 0.407 e. The molecule has 2 aliphatic heterocycles. The molecule has 0 saturated carbocycles. The van der Waals surface area contributed by atoms with Crippen LogP contribution in [0.2, 0.25) is 0 Å². The van der Waals surface area contributed by atoms with Crippen molar-refractivity contribution < 1.29 is 38.4 Å². The van der Waals surface area contributed by atoms with Gasteiger partial charge < -0.3 is 43.9 Å².